The third-order valence-corrected chi connectivity index (χ3v) is 3.87. The van der Waals surface area contributed by atoms with Crippen LogP contribution in [-0.2, 0) is 6.54 Å². The minimum absolute atomic E-state index is 0.0515. The van der Waals surface area contributed by atoms with Crippen molar-refractivity contribution in [1.82, 2.24) is 25.0 Å². The summed E-state index contributed by atoms with van der Waals surface area (Å²) in [6.45, 7) is 3.87. The molecule has 1 amide bonds. The van der Waals surface area contributed by atoms with Gasteiger partial charge in [-0.3, -0.25) is 9.78 Å². The highest BCUT2D eigenvalue weighted by molar-refractivity contribution is 5.92. The van der Waals surface area contributed by atoms with Gasteiger partial charge in [-0.1, -0.05) is 6.07 Å². The van der Waals surface area contributed by atoms with Crippen LogP contribution in [0.25, 0.3) is 0 Å². The van der Waals surface area contributed by atoms with Crippen LogP contribution in [0.3, 0.4) is 0 Å². The first-order valence-corrected chi connectivity index (χ1v) is 7.67. The van der Waals surface area contributed by atoms with Gasteiger partial charge in [-0.2, -0.15) is 0 Å². The van der Waals surface area contributed by atoms with E-state index in [0.717, 1.165) is 31.7 Å². The van der Waals surface area contributed by atoms with Crippen LogP contribution < -0.4 is 5.32 Å². The molecule has 1 N–H and O–H groups in total. The monoisotopic (exact) mass is 312 g/mol. The van der Waals surface area contributed by atoms with Crippen LogP contribution in [-0.4, -0.2) is 64.1 Å². The number of carbonyl (C=O) groups excluding carboxylic acids is 1. The van der Waals surface area contributed by atoms with Crippen LogP contribution in [0.1, 0.15) is 16.1 Å². The maximum atomic E-state index is 12.4. The summed E-state index contributed by atoms with van der Waals surface area (Å²) in [5, 5.41) is 11.3. The molecule has 7 heteroatoms. The topological polar surface area (TPSA) is 74.2 Å². The second-order valence-electron chi connectivity index (χ2n) is 5.61. The van der Waals surface area contributed by atoms with E-state index in [1.807, 2.05) is 17.0 Å². The van der Waals surface area contributed by atoms with Crippen molar-refractivity contribution in [2.45, 2.75) is 6.54 Å². The number of aromatic nitrogens is 3. The van der Waals surface area contributed by atoms with E-state index in [4.69, 9.17) is 0 Å². The summed E-state index contributed by atoms with van der Waals surface area (Å²) < 4.78 is 0. The molecule has 0 atom stereocenters. The van der Waals surface area contributed by atoms with Gasteiger partial charge in [0.25, 0.3) is 5.91 Å². The van der Waals surface area contributed by atoms with Gasteiger partial charge >= 0.3 is 0 Å². The molecule has 0 aliphatic carbocycles. The van der Waals surface area contributed by atoms with E-state index in [1.165, 1.54) is 0 Å². The molecule has 0 spiro atoms. The predicted octanol–water partition coefficient (Wildman–Crippen LogP) is 0.871. The number of pyridine rings is 1. The average Bonchev–Trinajstić information content (AvgIpc) is 2.61. The number of piperazine rings is 1. The Morgan fingerprint density at radius 3 is 2.65 bits per heavy atom. The van der Waals surface area contributed by atoms with Gasteiger partial charge in [0.05, 0.1) is 0 Å². The molecule has 3 rings (SSSR count). The third kappa shape index (κ3) is 4.01. The maximum absolute atomic E-state index is 12.4. The summed E-state index contributed by atoms with van der Waals surface area (Å²) >= 11 is 0. The Morgan fingerprint density at radius 1 is 1.17 bits per heavy atom. The molecule has 7 nitrogen and oxygen atoms in total. The van der Waals surface area contributed by atoms with E-state index in [9.17, 15) is 4.79 Å². The molecule has 0 aromatic carbocycles. The fraction of sp³-hybridized carbons (Fsp3) is 0.375. The van der Waals surface area contributed by atoms with Gasteiger partial charge < -0.3 is 15.1 Å². The molecule has 0 radical (unpaired) electrons. The number of rotatable bonds is 4. The summed E-state index contributed by atoms with van der Waals surface area (Å²) in [6, 6.07) is 7.38. The number of amides is 1. The van der Waals surface area contributed by atoms with Gasteiger partial charge in [-0.05, 0) is 30.8 Å². The van der Waals surface area contributed by atoms with Crippen LogP contribution in [0.2, 0.25) is 0 Å². The zero-order valence-corrected chi connectivity index (χ0v) is 13.1. The lowest BCUT2D eigenvalue weighted by atomic mass is 10.2. The molecule has 2 aromatic heterocycles. The predicted molar refractivity (Wildman–Crippen MR) is 87.0 cm³/mol. The van der Waals surface area contributed by atoms with Crippen molar-refractivity contribution in [2.24, 2.45) is 0 Å². The van der Waals surface area contributed by atoms with Crippen LogP contribution in [0, 0.1) is 0 Å². The minimum Gasteiger partial charge on any atom is -0.364 e. The van der Waals surface area contributed by atoms with E-state index in [1.54, 1.807) is 24.5 Å². The molecule has 1 saturated heterocycles. The molecular formula is C16H20N6O. The lowest BCUT2D eigenvalue weighted by Gasteiger charge is -2.32. The SMILES string of the molecule is CN1CCN(C(=O)c2ccc(NCc3cccnc3)nn2)CC1. The van der Waals surface area contributed by atoms with Crippen LogP contribution in [0.5, 0.6) is 0 Å². The number of hydrogen-bond donors (Lipinski definition) is 1. The summed E-state index contributed by atoms with van der Waals surface area (Å²) in [6.07, 6.45) is 3.54. The maximum Gasteiger partial charge on any atom is 0.274 e. The Balaban J connectivity index is 1.57. The van der Waals surface area contributed by atoms with Crippen LogP contribution >= 0.6 is 0 Å². The summed E-state index contributed by atoms with van der Waals surface area (Å²) in [5.41, 5.74) is 1.45. The molecule has 3 heterocycles. The molecule has 0 saturated carbocycles. The van der Waals surface area contributed by atoms with Crippen molar-refractivity contribution in [2.75, 3.05) is 38.5 Å². The van der Waals surface area contributed by atoms with Crippen molar-refractivity contribution in [3.8, 4) is 0 Å². The minimum atomic E-state index is -0.0515. The van der Waals surface area contributed by atoms with Gasteiger partial charge in [0.15, 0.2) is 5.69 Å². The molecule has 0 bridgehead atoms. The van der Waals surface area contributed by atoms with Crippen molar-refractivity contribution >= 4 is 11.7 Å². The quantitative estimate of drug-likeness (QED) is 0.903. The van der Waals surface area contributed by atoms with Crippen molar-refractivity contribution in [1.29, 1.82) is 0 Å². The van der Waals surface area contributed by atoms with Gasteiger partial charge in [-0.15, -0.1) is 10.2 Å². The largest absolute Gasteiger partial charge is 0.364 e. The molecule has 2 aromatic rings. The van der Waals surface area contributed by atoms with Crippen molar-refractivity contribution < 1.29 is 4.79 Å². The number of likely N-dealkylation sites (N-methyl/N-ethyl adjacent to an activating group) is 1. The smallest absolute Gasteiger partial charge is 0.274 e. The van der Waals surface area contributed by atoms with E-state index in [2.05, 4.69) is 32.4 Å². The van der Waals surface area contributed by atoms with Gasteiger partial charge in [-0.25, -0.2) is 0 Å². The standard InChI is InChI=1S/C16H20N6O/c1-21-7-9-22(10-8-21)16(23)14-4-5-15(20-19-14)18-12-13-3-2-6-17-11-13/h2-6,11H,7-10,12H2,1H3,(H,18,20). The molecule has 120 valence electrons. The van der Waals surface area contributed by atoms with E-state index < -0.39 is 0 Å². The van der Waals surface area contributed by atoms with Crippen LogP contribution in [0.15, 0.2) is 36.7 Å². The Hall–Kier alpha value is -2.54. The van der Waals surface area contributed by atoms with Gasteiger partial charge in [0, 0.05) is 45.1 Å². The van der Waals surface area contributed by atoms with Crippen molar-refractivity contribution in [3.05, 3.63) is 47.9 Å². The number of nitrogens with one attached hydrogen (secondary N) is 1. The zero-order chi connectivity index (χ0) is 16.1. The highest BCUT2D eigenvalue weighted by atomic mass is 16.2. The lowest BCUT2D eigenvalue weighted by molar-refractivity contribution is 0.0657. The molecule has 0 unspecified atom stereocenters. The Labute approximate surface area is 135 Å². The number of hydrogen-bond acceptors (Lipinski definition) is 6. The molecule has 23 heavy (non-hydrogen) atoms. The van der Waals surface area contributed by atoms with E-state index in [0.29, 0.717) is 18.1 Å². The molecular weight excluding hydrogens is 292 g/mol. The fourth-order valence-electron chi connectivity index (χ4n) is 2.41. The Kier molecular flexibility index (Phi) is 4.77. The van der Waals surface area contributed by atoms with Crippen LogP contribution in [0.4, 0.5) is 5.82 Å². The number of anilines is 1. The normalized spacial score (nSPS) is 15.4. The first kappa shape index (κ1) is 15.4. The fourth-order valence-corrected chi connectivity index (χ4v) is 2.41. The summed E-state index contributed by atoms with van der Waals surface area (Å²) in [4.78, 5) is 20.5. The molecule has 1 aliphatic rings. The van der Waals surface area contributed by atoms with Gasteiger partial charge in [0.2, 0.25) is 0 Å². The number of carbonyl (C=O) groups is 1. The zero-order valence-electron chi connectivity index (χ0n) is 13.1. The first-order chi connectivity index (χ1) is 11.2. The first-order valence-electron chi connectivity index (χ1n) is 7.67. The molecule has 1 aliphatic heterocycles. The van der Waals surface area contributed by atoms with E-state index in [-0.39, 0.29) is 5.91 Å². The highest BCUT2D eigenvalue weighted by Crippen LogP contribution is 2.09. The summed E-state index contributed by atoms with van der Waals surface area (Å²) in [7, 11) is 2.06. The average molecular weight is 312 g/mol. The number of nitrogens with zero attached hydrogens (tertiary/aromatic N) is 5. The van der Waals surface area contributed by atoms with Crippen molar-refractivity contribution in [3.63, 3.8) is 0 Å². The van der Waals surface area contributed by atoms with Gasteiger partial charge in [0.1, 0.15) is 5.82 Å². The second-order valence-corrected chi connectivity index (χ2v) is 5.61. The second kappa shape index (κ2) is 7.15. The highest BCUT2D eigenvalue weighted by Gasteiger charge is 2.21. The summed E-state index contributed by atoms with van der Waals surface area (Å²) in [5.74, 6) is 0.591. The Bertz CT molecular complexity index is 637. The Morgan fingerprint density at radius 2 is 2.00 bits per heavy atom. The lowest BCUT2D eigenvalue weighted by Crippen LogP contribution is -2.47. The van der Waals surface area contributed by atoms with E-state index >= 15 is 0 Å². The third-order valence-electron chi connectivity index (χ3n) is 3.87. The molecule has 1 fully saturated rings.